The number of hydrogen-bond donors (Lipinski definition) is 0. The van der Waals surface area contributed by atoms with E-state index in [4.69, 9.17) is 0 Å². The zero-order chi connectivity index (χ0) is 18.5. The van der Waals surface area contributed by atoms with E-state index in [0.29, 0.717) is 17.8 Å². The van der Waals surface area contributed by atoms with Crippen molar-refractivity contribution in [2.45, 2.75) is 45.6 Å². The second-order valence-corrected chi connectivity index (χ2v) is 6.88. The van der Waals surface area contributed by atoms with E-state index in [1.807, 2.05) is 54.3 Å². The number of nitrogens with zero attached hydrogens (tertiary/aromatic N) is 2. The monoisotopic (exact) mass is 350 g/mol. The number of para-hydroxylation sites is 1. The number of carbonyl (C=O) groups excluding carboxylic acids is 2. The molecule has 1 aliphatic heterocycles. The normalized spacial score (nSPS) is 17.0. The summed E-state index contributed by atoms with van der Waals surface area (Å²) >= 11 is 0. The highest BCUT2D eigenvalue weighted by Crippen LogP contribution is 2.25. The molecule has 0 aromatic heterocycles. The van der Waals surface area contributed by atoms with Crippen LogP contribution in [0.4, 0.5) is 10.5 Å². The Bertz CT molecular complexity index is 755. The Morgan fingerprint density at radius 2 is 1.73 bits per heavy atom. The van der Waals surface area contributed by atoms with E-state index in [0.717, 1.165) is 31.2 Å². The molecule has 26 heavy (non-hydrogen) atoms. The number of piperidine rings is 1. The van der Waals surface area contributed by atoms with Gasteiger partial charge in [0.05, 0.1) is 5.69 Å². The van der Waals surface area contributed by atoms with Gasteiger partial charge in [-0.1, -0.05) is 42.8 Å². The van der Waals surface area contributed by atoms with Crippen LogP contribution in [0.2, 0.25) is 0 Å². The van der Waals surface area contributed by atoms with Crippen LogP contribution in [-0.4, -0.2) is 29.4 Å². The smallest absolute Gasteiger partial charge is 0.321 e. The third-order valence-electron chi connectivity index (χ3n) is 5.05. The first-order chi connectivity index (χ1) is 12.6. The Kier molecular flexibility index (Phi) is 5.71. The second kappa shape index (κ2) is 8.17. The highest BCUT2D eigenvalue weighted by Gasteiger charge is 2.33. The average molecular weight is 350 g/mol. The molecule has 136 valence electrons. The largest absolute Gasteiger partial charge is 0.331 e. The van der Waals surface area contributed by atoms with Crippen LogP contribution in [0.3, 0.4) is 0 Å². The summed E-state index contributed by atoms with van der Waals surface area (Å²) in [4.78, 5) is 29.8. The molecule has 1 aliphatic rings. The predicted octanol–water partition coefficient (Wildman–Crippen LogP) is 5.03. The summed E-state index contributed by atoms with van der Waals surface area (Å²) in [6.07, 6.45) is 4.04. The number of urea groups is 1. The van der Waals surface area contributed by atoms with E-state index in [1.54, 1.807) is 12.1 Å². The quantitative estimate of drug-likeness (QED) is 0.779. The molecule has 3 rings (SSSR count). The van der Waals surface area contributed by atoms with Gasteiger partial charge in [0.1, 0.15) is 0 Å². The number of likely N-dealkylation sites (tertiary alicyclic amines) is 1. The Morgan fingerprint density at radius 3 is 2.38 bits per heavy atom. The Balaban J connectivity index is 1.96. The highest BCUT2D eigenvalue weighted by molar-refractivity contribution is 6.20. The molecule has 0 radical (unpaired) electrons. The second-order valence-electron chi connectivity index (χ2n) is 6.88. The lowest BCUT2D eigenvalue weighted by atomic mass is 10.0. The van der Waals surface area contributed by atoms with Gasteiger partial charge in [0.25, 0.3) is 5.91 Å². The summed E-state index contributed by atoms with van der Waals surface area (Å²) in [6, 6.07) is 16.6. The molecule has 0 aliphatic carbocycles. The van der Waals surface area contributed by atoms with E-state index in [-0.39, 0.29) is 18.0 Å². The Labute approximate surface area is 155 Å². The number of amides is 3. The van der Waals surface area contributed by atoms with Crippen LogP contribution in [-0.2, 0) is 0 Å². The number of hydrogen-bond acceptors (Lipinski definition) is 2. The molecule has 2 aromatic rings. The van der Waals surface area contributed by atoms with Gasteiger partial charge in [-0.05, 0) is 56.9 Å². The van der Waals surface area contributed by atoms with Gasteiger partial charge in [-0.15, -0.1) is 0 Å². The molecule has 0 spiro atoms. The van der Waals surface area contributed by atoms with Gasteiger partial charge in [0.2, 0.25) is 0 Å². The van der Waals surface area contributed by atoms with Crippen molar-refractivity contribution in [3.05, 3.63) is 65.7 Å². The van der Waals surface area contributed by atoms with Crippen LogP contribution < -0.4 is 4.90 Å². The SMILES string of the molecule is CCC1CCCCN1C(=O)N(C(=O)c1ccc(C)cc1)c1ccccc1. The molecule has 1 fully saturated rings. The van der Waals surface area contributed by atoms with Crippen molar-refractivity contribution in [2.24, 2.45) is 0 Å². The van der Waals surface area contributed by atoms with E-state index in [9.17, 15) is 9.59 Å². The summed E-state index contributed by atoms with van der Waals surface area (Å²) in [7, 11) is 0. The minimum Gasteiger partial charge on any atom is -0.321 e. The molecule has 3 amide bonds. The fourth-order valence-corrected chi connectivity index (χ4v) is 3.52. The summed E-state index contributed by atoms with van der Waals surface area (Å²) in [5.74, 6) is -0.276. The van der Waals surface area contributed by atoms with Crippen molar-refractivity contribution in [2.75, 3.05) is 11.4 Å². The van der Waals surface area contributed by atoms with Crippen molar-refractivity contribution in [3.8, 4) is 0 Å². The van der Waals surface area contributed by atoms with Crippen molar-refractivity contribution >= 4 is 17.6 Å². The molecule has 0 saturated carbocycles. The van der Waals surface area contributed by atoms with Gasteiger partial charge >= 0.3 is 6.03 Å². The van der Waals surface area contributed by atoms with Crippen LogP contribution in [0.25, 0.3) is 0 Å². The molecule has 1 saturated heterocycles. The van der Waals surface area contributed by atoms with Gasteiger partial charge in [-0.3, -0.25) is 4.79 Å². The molecule has 1 unspecified atom stereocenters. The molecular weight excluding hydrogens is 324 g/mol. The summed E-state index contributed by atoms with van der Waals surface area (Å²) in [6.45, 7) is 4.79. The third-order valence-corrected chi connectivity index (χ3v) is 5.05. The topological polar surface area (TPSA) is 40.6 Å². The number of rotatable bonds is 3. The van der Waals surface area contributed by atoms with Crippen LogP contribution in [0, 0.1) is 6.92 Å². The number of imide groups is 1. The Hall–Kier alpha value is -2.62. The fourth-order valence-electron chi connectivity index (χ4n) is 3.52. The number of aryl methyl sites for hydroxylation is 1. The number of anilines is 1. The van der Waals surface area contributed by atoms with Gasteiger partial charge in [-0.25, -0.2) is 9.69 Å². The molecule has 4 heteroatoms. The lowest BCUT2D eigenvalue weighted by Crippen LogP contribution is -2.52. The summed E-state index contributed by atoms with van der Waals surface area (Å²) in [5, 5.41) is 0. The molecule has 2 aromatic carbocycles. The van der Waals surface area contributed by atoms with Crippen LogP contribution >= 0.6 is 0 Å². The van der Waals surface area contributed by atoms with E-state index in [1.165, 1.54) is 4.90 Å². The van der Waals surface area contributed by atoms with E-state index < -0.39 is 0 Å². The number of benzene rings is 2. The molecule has 4 nitrogen and oxygen atoms in total. The van der Waals surface area contributed by atoms with Crippen molar-refractivity contribution in [3.63, 3.8) is 0 Å². The van der Waals surface area contributed by atoms with Crippen molar-refractivity contribution in [1.29, 1.82) is 0 Å². The first-order valence-corrected chi connectivity index (χ1v) is 9.38. The average Bonchev–Trinajstić information content (AvgIpc) is 2.69. The molecule has 0 N–H and O–H groups in total. The molecule has 1 heterocycles. The first-order valence-electron chi connectivity index (χ1n) is 9.38. The van der Waals surface area contributed by atoms with Crippen molar-refractivity contribution in [1.82, 2.24) is 4.90 Å². The minimum atomic E-state index is -0.276. The maximum Gasteiger partial charge on any atom is 0.331 e. The number of carbonyl (C=O) groups is 2. The third kappa shape index (κ3) is 3.79. The summed E-state index contributed by atoms with van der Waals surface area (Å²) < 4.78 is 0. The molecular formula is C22H26N2O2. The molecule has 1 atom stereocenters. The zero-order valence-electron chi connectivity index (χ0n) is 15.5. The minimum absolute atomic E-state index is 0.202. The van der Waals surface area contributed by atoms with E-state index >= 15 is 0 Å². The first kappa shape index (κ1) is 18.2. The van der Waals surface area contributed by atoms with Gasteiger partial charge in [0, 0.05) is 18.2 Å². The van der Waals surface area contributed by atoms with Gasteiger partial charge < -0.3 is 4.90 Å². The van der Waals surface area contributed by atoms with Crippen LogP contribution in [0.5, 0.6) is 0 Å². The fraction of sp³-hybridized carbons (Fsp3) is 0.364. The maximum atomic E-state index is 13.4. The lowest BCUT2D eigenvalue weighted by molar-refractivity contribution is 0.0973. The van der Waals surface area contributed by atoms with Gasteiger partial charge in [0.15, 0.2) is 0 Å². The zero-order valence-corrected chi connectivity index (χ0v) is 15.5. The van der Waals surface area contributed by atoms with Crippen LogP contribution in [0.15, 0.2) is 54.6 Å². The summed E-state index contributed by atoms with van der Waals surface area (Å²) in [5.41, 5.74) is 2.22. The standard InChI is InChI=1S/C22H26N2O2/c1-3-19-9-7-8-16-23(19)22(26)24(20-10-5-4-6-11-20)21(25)18-14-12-17(2)13-15-18/h4-6,10-15,19H,3,7-9,16H2,1-2H3. The Morgan fingerprint density at radius 1 is 1.04 bits per heavy atom. The lowest BCUT2D eigenvalue weighted by Gasteiger charge is -2.38. The van der Waals surface area contributed by atoms with Crippen LogP contribution in [0.1, 0.15) is 48.5 Å². The maximum absolute atomic E-state index is 13.4. The van der Waals surface area contributed by atoms with E-state index in [2.05, 4.69) is 6.92 Å². The highest BCUT2D eigenvalue weighted by atomic mass is 16.2. The van der Waals surface area contributed by atoms with Crippen molar-refractivity contribution < 1.29 is 9.59 Å². The predicted molar refractivity (Wildman–Crippen MR) is 104 cm³/mol. The van der Waals surface area contributed by atoms with Gasteiger partial charge in [-0.2, -0.15) is 0 Å². The molecule has 0 bridgehead atoms.